The Bertz CT molecular complexity index is 761. The maximum Gasteiger partial charge on any atom is 0.270 e. The first-order valence-electron chi connectivity index (χ1n) is 6.76. The second-order valence-electron chi connectivity index (χ2n) is 4.66. The summed E-state index contributed by atoms with van der Waals surface area (Å²) in [6, 6.07) is 7.08. The molecule has 0 radical (unpaired) electrons. The number of amides is 2. The van der Waals surface area contributed by atoms with Crippen LogP contribution in [0.15, 0.2) is 24.3 Å². The van der Waals surface area contributed by atoms with Gasteiger partial charge in [-0.25, -0.2) is 4.98 Å². The first-order chi connectivity index (χ1) is 11.1. The summed E-state index contributed by atoms with van der Waals surface area (Å²) in [4.78, 5) is 27.8. The van der Waals surface area contributed by atoms with Crippen molar-refractivity contribution < 1.29 is 19.1 Å². The zero-order valence-corrected chi connectivity index (χ0v) is 13.0. The van der Waals surface area contributed by atoms with E-state index in [-0.39, 0.29) is 17.3 Å². The van der Waals surface area contributed by atoms with Crippen LogP contribution in [0.3, 0.4) is 0 Å². The molecule has 3 rings (SSSR count). The average Bonchev–Trinajstić information content (AvgIpc) is 2.97. The van der Waals surface area contributed by atoms with Crippen molar-refractivity contribution in [3.63, 3.8) is 0 Å². The molecule has 9 heteroatoms. The van der Waals surface area contributed by atoms with E-state index in [0.717, 1.165) is 11.3 Å². The SMILES string of the molecule is CNc1nc(C(N)=O)c(NC(=O)C2COc3ccccc3O2)s1. The fourth-order valence-electron chi connectivity index (χ4n) is 2.02. The fourth-order valence-corrected chi connectivity index (χ4v) is 2.85. The minimum atomic E-state index is -0.828. The number of thiazole rings is 1. The standard InChI is InChI=1S/C14H14N4O4S/c1-16-14-17-10(11(15)19)13(23-14)18-12(20)9-6-21-7-4-2-3-5-8(7)22-9/h2-5,9H,6H2,1H3,(H2,15,19)(H,16,17)(H,18,20). The number of hydrogen-bond donors (Lipinski definition) is 3. The number of carbonyl (C=O) groups is 2. The Hall–Kier alpha value is -2.81. The third kappa shape index (κ3) is 3.04. The van der Waals surface area contributed by atoms with Crippen LogP contribution in [0.25, 0.3) is 0 Å². The van der Waals surface area contributed by atoms with Crippen LogP contribution in [0, 0.1) is 0 Å². The summed E-state index contributed by atoms with van der Waals surface area (Å²) in [6.45, 7) is 0.0758. The summed E-state index contributed by atoms with van der Waals surface area (Å²) in [7, 11) is 1.66. The second-order valence-corrected chi connectivity index (χ2v) is 5.66. The van der Waals surface area contributed by atoms with Crippen molar-refractivity contribution in [3.8, 4) is 11.5 Å². The number of nitrogens with two attached hydrogens (primary N) is 1. The quantitative estimate of drug-likeness (QED) is 0.770. The van der Waals surface area contributed by atoms with E-state index in [1.54, 1.807) is 25.2 Å². The number of aromatic nitrogens is 1. The van der Waals surface area contributed by atoms with Crippen LogP contribution in [-0.2, 0) is 4.79 Å². The molecule has 0 saturated carbocycles. The highest BCUT2D eigenvalue weighted by atomic mass is 32.1. The van der Waals surface area contributed by atoms with Crippen LogP contribution in [0.4, 0.5) is 10.1 Å². The number of nitrogens with zero attached hydrogens (tertiary/aromatic N) is 1. The molecule has 4 N–H and O–H groups in total. The molecule has 1 unspecified atom stereocenters. The number of nitrogens with one attached hydrogen (secondary N) is 2. The van der Waals surface area contributed by atoms with E-state index >= 15 is 0 Å². The van der Waals surface area contributed by atoms with Gasteiger partial charge < -0.3 is 25.8 Å². The average molecular weight is 334 g/mol. The van der Waals surface area contributed by atoms with Gasteiger partial charge >= 0.3 is 0 Å². The molecule has 0 bridgehead atoms. The Labute approximate surface area is 135 Å². The van der Waals surface area contributed by atoms with E-state index in [9.17, 15) is 9.59 Å². The second kappa shape index (κ2) is 6.13. The summed E-state index contributed by atoms with van der Waals surface area (Å²) < 4.78 is 11.1. The van der Waals surface area contributed by atoms with Gasteiger partial charge in [0.2, 0.25) is 6.10 Å². The zero-order valence-electron chi connectivity index (χ0n) is 12.2. The summed E-state index contributed by atoms with van der Waals surface area (Å²) in [6.07, 6.45) is -0.828. The van der Waals surface area contributed by atoms with Crippen LogP contribution >= 0.6 is 11.3 Å². The van der Waals surface area contributed by atoms with Gasteiger partial charge in [-0.15, -0.1) is 0 Å². The van der Waals surface area contributed by atoms with Crippen molar-refractivity contribution >= 4 is 33.3 Å². The highest BCUT2D eigenvalue weighted by molar-refractivity contribution is 7.20. The third-order valence-corrected chi connectivity index (χ3v) is 4.10. The van der Waals surface area contributed by atoms with Crippen molar-refractivity contribution in [1.82, 2.24) is 4.98 Å². The molecule has 23 heavy (non-hydrogen) atoms. The van der Waals surface area contributed by atoms with E-state index in [2.05, 4.69) is 15.6 Å². The first-order valence-corrected chi connectivity index (χ1v) is 7.58. The molecule has 0 saturated heterocycles. The van der Waals surface area contributed by atoms with Crippen LogP contribution in [0.1, 0.15) is 10.5 Å². The first kappa shape index (κ1) is 15.1. The van der Waals surface area contributed by atoms with Crippen LogP contribution in [-0.4, -0.2) is 36.6 Å². The lowest BCUT2D eigenvalue weighted by molar-refractivity contribution is -0.125. The molecule has 0 fully saturated rings. The van der Waals surface area contributed by atoms with Crippen molar-refractivity contribution in [2.75, 3.05) is 24.3 Å². The van der Waals surface area contributed by atoms with Crippen molar-refractivity contribution in [3.05, 3.63) is 30.0 Å². The molecule has 1 aliphatic heterocycles. The Balaban J connectivity index is 1.75. The number of primary amides is 1. The molecule has 1 aromatic heterocycles. The highest BCUT2D eigenvalue weighted by Crippen LogP contribution is 2.32. The van der Waals surface area contributed by atoms with E-state index in [4.69, 9.17) is 15.2 Å². The molecule has 1 aromatic carbocycles. The zero-order chi connectivity index (χ0) is 16.4. The van der Waals surface area contributed by atoms with Gasteiger partial charge in [0.1, 0.15) is 11.6 Å². The number of fused-ring (bicyclic) bond motifs is 1. The van der Waals surface area contributed by atoms with Gasteiger partial charge in [0.15, 0.2) is 22.3 Å². The Kier molecular flexibility index (Phi) is 4.02. The Morgan fingerprint density at radius 2 is 2.09 bits per heavy atom. The van der Waals surface area contributed by atoms with E-state index in [1.807, 2.05) is 6.07 Å². The molecule has 1 atom stereocenters. The predicted molar refractivity (Wildman–Crippen MR) is 85.2 cm³/mol. The molecule has 2 heterocycles. The monoisotopic (exact) mass is 334 g/mol. The van der Waals surface area contributed by atoms with Crippen LogP contribution in [0.5, 0.6) is 11.5 Å². The smallest absolute Gasteiger partial charge is 0.270 e. The summed E-state index contributed by atoms with van der Waals surface area (Å²) in [5.41, 5.74) is 5.27. The molecular weight excluding hydrogens is 320 g/mol. The molecule has 2 amide bonds. The van der Waals surface area contributed by atoms with Gasteiger partial charge in [-0.05, 0) is 12.1 Å². The van der Waals surface area contributed by atoms with Crippen molar-refractivity contribution in [2.24, 2.45) is 5.73 Å². The number of ether oxygens (including phenoxy) is 2. The van der Waals surface area contributed by atoms with E-state index in [0.29, 0.717) is 16.6 Å². The van der Waals surface area contributed by atoms with Gasteiger partial charge in [-0.1, -0.05) is 23.5 Å². The largest absolute Gasteiger partial charge is 0.485 e. The molecular formula is C14H14N4O4S. The summed E-state index contributed by atoms with van der Waals surface area (Å²) in [5.74, 6) is -0.0728. The van der Waals surface area contributed by atoms with Gasteiger partial charge in [0.25, 0.3) is 11.8 Å². The molecule has 1 aliphatic rings. The van der Waals surface area contributed by atoms with Gasteiger partial charge in [0.05, 0.1) is 0 Å². The molecule has 120 valence electrons. The number of rotatable bonds is 4. The van der Waals surface area contributed by atoms with Gasteiger partial charge in [-0.3, -0.25) is 9.59 Å². The molecule has 2 aromatic rings. The number of para-hydroxylation sites is 2. The van der Waals surface area contributed by atoms with E-state index < -0.39 is 17.9 Å². The molecule has 0 aliphatic carbocycles. The van der Waals surface area contributed by atoms with Gasteiger partial charge in [0, 0.05) is 7.05 Å². The minimum Gasteiger partial charge on any atom is -0.485 e. The number of carbonyl (C=O) groups excluding carboxylic acids is 2. The Morgan fingerprint density at radius 3 is 2.78 bits per heavy atom. The lowest BCUT2D eigenvalue weighted by Crippen LogP contribution is -2.40. The number of benzene rings is 1. The van der Waals surface area contributed by atoms with Crippen molar-refractivity contribution in [1.29, 1.82) is 0 Å². The topological polar surface area (TPSA) is 116 Å². The number of hydrogen-bond acceptors (Lipinski definition) is 7. The minimum absolute atomic E-state index is 0.00447. The summed E-state index contributed by atoms with van der Waals surface area (Å²) in [5, 5.41) is 6.16. The molecule has 0 spiro atoms. The van der Waals surface area contributed by atoms with Crippen molar-refractivity contribution in [2.45, 2.75) is 6.10 Å². The fraction of sp³-hybridized carbons (Fsp3) is 0.214. The van der Waals surface area contributed by atoms with Crippen LogP contribution < -0.4 is 25.8 Å². The van der Waals surface area contributed by atoms with Crippen LogP contribution in [0.2, 0.25) is 0 Å². The maximum absolute atomic E-state index is 12.3. The maximum atomic E-state index is 12.3. The predicted octanol–water partition coefficient (Wildman–Crippen LogP) is 1.06. The third-order valence-electron chi connectivity index (χ3n) is 3.11. The molecule has 8 nitrogen and oxygen atoms in total. The van der Waals surface area contributed by atoms with E-state index in [1.165, 1.54) is 0 Å². The lowest BCUT2D eigenvalue weighted by atomic mass is 10.2. The normalized spacial score (nSPS) is 15.8. The Morgan fingerprint density at radius 1 is 1.35 bits per heavy atom. The summed E-state index contributed by atoms with van der Waals surface area (Å²) >= 11 is 1.11. The highest BCUT2D eigenvalue weighted by Gasteiger charge is 2.29. The number of anilines is 2. The lowest BCUT2D eigenvalue weighted by Gasteiger charge is -2.25. The van der Waals surface area contributed by atoms with Gasteiger partial charge in [-0.2, -0.15) is 0 Å².